The normalized spacial score (nSPS) is 12.2. The molecule has 0 N–H and O–H groups in total. The lowest BCUT2D eigenvalue weighted by atomic mass is 10.0. The molecule has 0 aromatic heterocycles. The zero-order valence-electron chi connectivity index (χ0n) is 14.6. The van der Waals surface area contributed by atoms with Crippen LogP contribution in [0.5, 0.6) is 11.5 Å². The molecule has 0 aliphatic rings. The van der Waals surface area contributed by atoms with Crippen LogP contribution < -0.4 is 9.47 Å². The van der Waals surface area contributed by atoms with Crippen LogP contribution in [0.3, 0.4) is 0 Å². The molecule has 29 heavy (non-hydrogen) atoms. The Balaban J connectivity index is 2.34. The summed E-state index contributed by atoms with van der Waals surface area (Å²) in [6.07, 6.45) is -8.69. The Hall–Kier alpha value is -2.59. The molecule has 2 aromatic rings. The van der Waals surface area contributed by atoms with E-state index in [0.717, 1.165) is 0 Å². The Bertz CT molecular complexity index is 832. The Morgan fingerprint density at radius 3 is 1.72 bits per heavy atom. The van der Waals surface area contributed by atoms with E-state index in [-0.39, 0.29) is 24.1 Å². The maximum atomic E-state index is 14.2. The van der Waals surface area contributed by atoms with Crippen molar-refractivity contribution in [3.63, 3.8) is 0 Å². The van der Waals surface area contributed by atoms with Crippen molar-refractivity contribution in [3.05, 3.63) is 58.7 Å². The third-order valence-corrected chi connectivity index (χ3v) is 3.65. The van der Waals surface area contributed by atoms with Crippen LogP contribution in [0.15, 0.2) is 24.3 Å². The molecule has 0 heterocycles. The van der Waals surface area contributed by atoms with Gasteiger partial charge in [-0.3, -0.25) is 0 Å². The summed E-state index contributed by atoms with van der Waals surface area (Å²) >= 11 is 0. The van der Waals surface area contributed by atoms with Crippen LogP contribution >= 0.6 is 0 Å². The van der Waals surface area contributed by atoms with Crippen LogP contribution in [0.1, 0.15) is 30.9 Å². The monoisotopic (exact) mass is 432 g/mol. The molecule has 2 rings (SSSR count). The molecule has 0 aliphatic heterocycles. The Labute approximate surface area is 158 Å². The van der Waals surface area contributed by atoms with E-state index in [4.69, 9.17) is 0 Å². The van der Waals surface area contributed by atoms with Crippen LogP contribution in [0.25, 0.3) is 0 Å². The number of rotatable bonds is 7. The quantitative estimate of drug-likeness (QED) is 0.459. The van der Waals surface area contributed by atoms with Crippen molar-refractivity contribution in [2.24, 2.45) is 0 Å². The molecule has 2 aromatic carbocycles. The van der Waals surface area contributed by atoms with Crippen molar-refractivity contribution in [3.8, 4) is 11.5 Å². The minimum absolute atomic E-state index is 0.0382. The lowest BCUT2D eigenvalue weighted by Crippen LogP contribution is -2.25. The molecule has 0 bridgehead atoms. The zero-order valence-corrected chi connectivity index (χ0v) is 14.6. The molecule has 2 nitrogen and oxygen atoms in total. The summed E-state index contributed by atoms with van der Waals surface area (Å²) in [5.74, 6) is -10.5. The van der Waals surface area contributed by atoms with E-state index < -0.39 is 52.8 Å². The molecule has 0 aliphatic carbocycles. The highest BCUT2D eigenvalue weighted by atomic mass is 19.4. The molecular formula is C18H13F9O2. The molecule has 11 heteroatoms. The van der Waals surface area contributed by atoms with Crippen LogP contribution in [0.4, 0.5) is 39.5 Å². The van der Waals surface area contributed by atoms with Gasteiger partial charge in [0.2, 0.25) is 5.75 Å². The molecule has 0 unspecified atom stereocenters. The first kappa shape index (κ1) is 22.7. The summed E-state index contributed by atoms with van der Waals surface area (Å²) in [5, 5.41) is 0. The van der Waals surface area contributed by atoms with Gasteiger partial charge in [-0.15, -0.1) is 13.2 Å². The number of unbranched alkanes of at least 4 members (excludes halogenated alkanes) is 1. The van der Waals surface area contributed by atoms with Crippen molar-refractivity contribution in [2.75, 3.05) is 0 Å². The van der Waals surface area contributed by atoms with Crippen LogP contribution in [0.2, 0.25) is 0 Å². The van der Waals surface area contributed by atoms with E-state index in [1.165, 1.54) is 0 Å². The molecule has 0 saturated carbocycles. The molecule has 0 fully saturated rings. The molecule has 0 atom stereocenters. The number of halogens is 9. The molecule has 160 valence electrons. The van der Waals surface area contributed by atoms with Crippen molar-refractivity contribution >= 4 is 0 Å². The van der Waals surface area contributed by atoms with E-state index in [1.807, 2.05) is 6.92 Å². The van der Waals surface area contributed by atoms with Crippen molar-refractivity contribution in [2.45, 2.75) is 38.7 Å². The Kier molecular flexibility index (Phi) is 6.59. The fourth-order valence-corrected chi connectivity index (χ4v) is 2.44. The van der Waals surface area contributed by atoms with Gasteiger partial charge in [-0.1, -0.05) is 13.3 Å². The number of hydrogen-bond donors (Lipinski definition) is 0. The first-order valence-electron chi connectivity index (χ1n) is 8.14. The van der Waals surface area contributed by atoms with Gasteiger partial charge in [0.15, 0.2) is 11.6 Å². The third kappa shape index (κ3) is 5.70. The van der Waals surface area contributed by atoms with Gasteiger partial charge in [0.1, 0.15) is 22.9 Å². The Morgan fingerprint density at radius 1 is 0.759 bits per heavy atom. The van der Waals surface area contributed by atoms with Crippen molar-refractivity contribution < 1.29 is 49.0 Å². The highest BCUT2D eigenvalue weighted by Crippen LogP contribution is 2.38. The molecule has 0 amide bonds. The summed E-state index contributed by atoms with van der Waals surface area (Å²) in [4.78, 5) is 0. The summed E-state index contributed by atoms with van der Waals surface area (Å²) in [7, 11) is 0. The van der Waals surface area contributed by atoms with E-state index in [0.29, 0.717) is 25.0 Å². The lowest BCUT2D eigenvalue weighted by molar-refractivity contribution is -0.276. The fourth-order valence-electron chi connectivity index (χ4n) is 2.44. The maximum Gasteiger partial charge on any atom is 0.573 e. The number of benzene rings is 2. The summed E-state index contributed by atoms with van der Waals surface area (Å²) < 4.78 is 127. The fraction of sp³-hybridized carbons (Fsp3) is 0.333. The number of aryl methyl sites for hydroxylation is 1. The van der Waals surface area contributed by atoms with Crippen molar-refractivity contribution in [1.82, 2.24) is 0 Å². The minimum atomic E-state index is -5.44. The SMILES string of the molecule is CCCCc1cc(F)c(C(F)(F)Oc2cc(F)c(OC(F)(F)F)c(F)c2)c(F)c1. The van der Waals surface area contributed by atoms with E-state index >= 15 is 0 Å². The summed E-state index contributed by atoms with van der Waals surface area (Å²) in [6, 6.07) is 1.27. The van der Waals surface area contributed by atoms with Gasteiger partial charge in [-0.25, -0.2) is 17.6 Å². The second-order valence-corrected chi connectivity index (χ2v) is 5.92. The highest BCUT2D eigenvalue weighted by Gasteiger charge is 2.42. The average molecular weight is 432 g/mol. The van der Waals surface area contributed by atoms with Crippen LogP contribution in [0, 0.1) is 23.3 Å². The average Bonchev–Trinajstić information content (AvgIpc) is 2.54. The molecule has 0 saturated heterocycles. The largest absolute Gasteiger partial charge is 0.573 e. The zero-order chi connectivity index (χ0) is 22.0. The highest BCUT2D eigenvalue weighted by molar-refractivity contribution is 5.36. The van der Waals surface area contributed by atoms with Crippen LogP contribution in [-0.2, 0) is 12.5 Å². The summed E-state index contributed by atoms with van der Waals surface area (Å²) in [5.41, 5.74) is -1.69. The van der Waals surface area contributed by atoms with E-state index in [2.05, 4.69) is 9.47 Å². The van der Waals surface area contributed by atoms with Gasteiger partial charge in [0, 0.05) is 12.1 Å². The molecule has 0 radical (unpaired) electrons. The smallest absolute Gasteiger partial charge is 0.429 e. The minimum Gasteiger partial charge on any atom is -0.429 e. The topological polar surface area (TPSA) is 18.5 Å². The molecular weight excluding hydrogens is 419 g/mol. The lowest BCUT2D eigenvalue weighted by Gasteiger charge is -2.20. The second-order valence-electron chi connectivity index (χ2n) is 5.92. The second kappa shape index (κ2) is 8.42. The standard InChI is InChI=1S/C18H13F9O2/c1-2-3-4-9-5-11(19)15(12(20)6-9)17(23,24)28-10-7-13(21)16(14(22)8-10)29-18(25,26)27/h5-8H,2-4H2,1H3. The van der Waals surface area contributed by atoms with Gasteiger partial charge in [0.05, 0.1) is 0 Å². The van der Waals surface area contributed by atoms with E-state index in [1.54, 1.807) is 0 Å². The van der Waals surface area contributed by atoms with Crippen molar-refractivity contribution in [1.29, 1.82) is 0 Å². The number of hydrogen-bond acceptors (Lipinski definition) is 2. The van der Waals surface area contributed by atoms with Gasteiger partial charge in [-0.05, 0) is 30.5 Å². The number of ether oxygens (including phenoxy) is 2. The third-order valence-electron chi connectivity index (χ3n) is 3.65. The maximum absolute atomic E-state index is 14.2. The Morgan fingerprint density at radius 2 is 1.28 bits per heavy atom. The van der Waals surface area contributed by atoms with Gasteiger partial charge < -0.3 is 9.47 Å². The number of alkyl halides is 5. The van der Waals surface area contributed by atoms with Gasteiger partial charge >= 0.3 is 12.5 Å². The molecule has 0 spiro atoms. The summed E-state index contributed by atoms with van der Waals surface area (Å²) in [6.45, 7) is 1.81. The first-order valence-corrected chi connectivity index (χ1v) is 8.14. The predicted molar refractivity (Wildman–Crippen MR) is 82.5 cm³/mol. The predicted octanol–water partition coefficient (Wildman–Crippen LogP) is 6.61. The van der Waals surface area contributed by atoms with E-state index in [9.17, 15) is 39.5 Å². The first-order chi connectivity index (χ1) is 13.3. The van der Waals surface area contributed by atoms with Crippen LogP contribution in [-0.4, -0.2) is 6.36 Å². The van der Waals surface area contributed by atoms with Gasteiger partial charge in [0.25, 0.3) is 0 Å². The van der Waals surface area contributed by atoms with Gasteiger partial charge in [-0.2, -0.15) is 8.78 Å².